The van der Waals surface area contributed by atoms with Gasteiger partial charge in [0.15, 0.2) is 5.16 Å². The van der Waals surface area contributed by atoms with Crippen LogP contribution in [0.1, 0.15) is 29.3 Å². The van der Waals surface area contributed by atoms with Crippen molar-refractivity contribution in [2.45, 2.75) is 30.8 Å². The lowest BCUT2D eigenvalue weighted by molar-refractivity contribution is 0.112. The molecule has 1 aromatic heterocycles. The number of halogens is 1. The van der Waals surface area contributed by atoms with Crippen molar-refractivity contribution in [2.75, 3.05) is 7.11 Å². The average Bonchev–Trinajstić information content (AvgIpc) is 2.69. The number of thioether (sulfide) groups is 1. The van der Waals surface area contributed by atoms with Crippen LogP contribution in [-0.4, -0.2) is 22.9 Å². The Morgan fingerprint density at radius 2 is 2.07 bits per heavy atom. The Labute approximate surface area is 169 Å². The van der Waals surface area contributed by atoms with Gasteiger partial charge in [0, 0.05) is 27.9 Å². The largest absolute Gasteiger partial charge is 0.496 e. The van der Waals surface area contributed by atoms with Crippen LogP contribution >= 0.6 is 27.7 Å². The number of carbonyl (C=O) groups excluding carboxylic acids is 1. The Morgan fingerprint density at radius 3 is 2.78 bits per heavy atom. The predicted octanol–water partition coefficient (Wildman–Crippen LogP) is 4.68. The number of methoxy groups -OCH3 is 1. The molecule has 2 aromatic carbocycles. The molecule has 3 aromatic rings. The third kappa shape index (κ3) is 4.25. The van der Waals surface area contributed by atoms with Gasteiger partial charge in [-0.05, 0) is 42.8 Å². The van der Waals surface area contributed by atoms with E-state index in [0.29, 0.717) is 39.7 Å². The molecule has 1 heterocycles. The van der Waals surface area contributed by atoms with Crippen molar-refractivity contribution >= 4 is 44.9 Å². The molecule has 0 aliphatic heterocycles. The topological polar surface area (TPSA) is 61.2 Å². The Balaban J connectivity index is 2.02. The SMILES string of the molecule is CCCn1c(SCc2cc(C=O)ccc2OC)nc2ccc(Br)cc2c1=O. The number of aldehydes is 1. The third-order valence-corrected chi connectivity index (χ3v) is 5.64. The maximum Gasteiger partial charge on any atom is 0.262 e. The highest BCUT2D eigenvalue weighted by Crippen LogP contribution is 2.28. The number of benzene rings is 2. The van der Waals surface area contributed by atoms with Crippen LogP contribution in [0.4, 0.5) is 0 Å². The molecule has 0 fully saturated rings. The van der Waals surface area contributed by atoms with E-state index in [0.717, 1.165) is 22.7 Å². The molecule has 0 radical (unpaired) electrons. The lowest BCUT2D eigenvalue weighted by atomic mass is 10.1. The lowest BCUT2D eigenvalue weighted by Crippen LogP contribution is -2.23. The minimum absolute atomic E-state index is 0.0424. The smallest absolute Gasteiger partial charge is 0.262 e. The molecule has 3 rings (SSSR count). The molecule has 0 N–H and O–H groups in total. The highest BCUT2D eigenvalue weighted by molar-refractivity contribution is 9.10. The fourth-order valence-corrected chi connectivity index (χ4v) is 4.19. The Kier molecular flexibility index (Phi) is 6.34. The van der Waals surface area contributed by atoms with Gasteiger partial charge >= 0.3 is 0 Å². The molecule has 0 unspecified atom stereocenters. The molecular formula is C20H19BrN2O3S. The second-order valence-corrected chi connectivity index (χ2v) is 7.85. The first kappa shape index (κ1) is 19.6. The maximum absolute atomic E-state index is 12.9. The monoisotopic (exact) mass is 446 g/mol. The summed E-state index contributed by atoms with van der Waals surface area (Å²) < 4.78 is 7.97. The molecule has 0 aliphatic carbocycles. The van der Waals surface area contributed by atoms with Crippen LogP contribution in [-0.2, 0) is 12.3 Å². The summed E-state index contributed by atoms with van der Waals surface area (Å²) in [6.07, 6.45) is 1.64. The van der Waals surface area contributed by atoms with Gasteiger partial charge in [-0.3, -0.25) is 14.2 Å². The van der Waals surface area contributed by atoms with Crippen molar-refractivity contribution in [2.24, 2.45) is 0 Å². The maximum atomic E-state index is 12.9. The molecule has 0 atom stereocenters. The summed E-state index contributed by atoms with van der Waals surface area (Å²) in [5, 5.41) is 1.26. The van der Waals surface area contributed by atoms with Gasteiger partial charge in [-0.15, -0.1) is 0 Å². The number of ether oxygens (including phenoxy) is 1. The summed E-state index contributed by atoms with van der Waals surface area (Å²) in [5.41, 5.74) is 2.11. The van der Waals surface area contributed by atoms with E-state index in [-0.39, 0.29) is 5.56 Å². The van der Waals surface area contributed by atoms with Gasteiger partial charge in [-0.2, -0.15) is 0 Å². The molecule has 140 valence electrons. The zero-order valence-corrected chi connectivity index (χ0v) is 17.5. The van der Waals surface area contributed by atoms with E-state index in [4.69, 9.17) is 9.72 Å². The third-order valence-electron chi connectivity index (χ3n) is 4.13. The standard InChI is InChI=1S/C20H19BrN2O3S/c1-3-8-23-19(25)16-10-15(21)5-6-17(16)22-20(23)27-12-14-9-13(11-24)4-7-18(14)26-2/h4-7,9-11H,3,8,12H2,1-2H3. The van der Waals surface area contributed by atoms with Crippen LogP contribution in [0.25, 0.3) is 10.9 Å². The first-order chi connectivity index (χ1) is 13.1. The van der Waals surface area contributed by atoms with Crippen molar-refractivity contribution in [1.29, 1.82) is 0 Å². The summed E-state index contributed by atoms with van der Waals surface area (Å²) >= 11 is 4.88. The van der Waals surface area contributed by atoms with E-state index < -0.39 is 0 Å². The van der Waals surface area contributed by atoms with Gasteiger partial charge < -0.3 is 4.74 Å². The van der Waals surface area contributed by atoms with E-state index in [9.17, 15) is 9.59 Å². The summed E-state index contributed by atoms with van der Waals surface area (Å²) in [4.78, 5) is 28.7. The lowest BCUT2D eigenvalue weighted by Gasteiger charge is -2.13. The zero-order chi connectivity index (χ0) is 19.4. The highest BCUT2D eigenvalue weighted by atomic mass is 79.9. The van der Waals surface area contributed by atoms with Gasteiger partial charge in [0.25, 0.3) is 5.56 Å². The number of fused-ring (bicyclic) bond motifs is 1. The van der Waals surface area contributed by atoms with E-state index in [1.165, 1.54) is 11.8 Å². The van der Waals surface area contributed by atoms with Crippen LogP contribution < -0.4 is 10.3 Å². The van der Waals surface area contributed by atoms with Gasteiger partial charge in [0.2, 0.25) is 0 Å². The van der Waals surface area contributed by atoms with Crippen molar-refractivity contribution in [3.63, 3.8) is 0 Å². The second-order valence-electron chi connectivity index (χ2n) is 5.99. The fraction of sp³-hybridized carbons (Fsp3) is 0.250. The Hall–Kier alpha value is -2.12. The predicted molar refractivity (Wildman–Crippen MR) is 112 cm³/mol. The average molecular weight is 447 g/mol. The zero-order valence-electron chi connectivity index (χ0n) is 15.1. The summed E-state index contributed by atoms with van der Waals surface area (Å²) in [7, 11) is 1.60. The van der Waals surface area contributed by atoms with E-state index in [1.807, 2.05) is 25.1 Å². The number of hydrogen-bond acceptors (Lipinski definition) is 5. The van der Waals surface area contributed by atoms with Crippen LogP contribution in [0.2, 0.25) is 0 Å². The fourth-order valence-electron chi connectivity index (χ4n) is 2.83. The molecule has 0 aliphatic rings. The van der Waals surface area contributed by atoms with Gasteiger partial charge in [0.1, 0.15) is 12.0 Å². The second kappa shape index (κ2) is 8.71. The molecule has 0 bridgehead atoms. The normalized spacial score (nSPS) is 10.9. The molecule has 0 saturated carbocycles. The molecular weight excluding hydrogens is 428 g/mol. The number of carbonyl (C=O) groups is 1. The van der Waals surface area contributed by atoms with E-state index >= 15 is 0 Å². The first-order valence-corrected chi connectivity index (χ1v) is 10.3. The number of nitrogens with zero attached hydrogens (tertiary/aromatic N) is 2. The molecule has 27 heavy (non-hydrogen) atoms. The first-order valence-electron chi connectivity index (χ1n) is 8.52. The summed E-state index contributed by atoms with van der Waals surface area (Å²) in [6, 6.07) is 10.8. The molecule has 0 amide bonds. The van der Waals surface area contributed by atoms with Crippen molar-refractivity contribution in [3.8, 4) is 5.75 Å². The van der Waals surface area contributed by atoms with Crippen molar-refractivity contribution in [1.82, 2.24) is 9.55 Å². The van der Waals surface area contributed by atoms with Crippen LogP contribution in [0.15, 0.2) is 50.8 Å². The van der Waals surface area contributed by atoms with E-state index in [2.05, 4.69) is 15.9 Å². The van der Waals surface area contributed by atoms with Gasteiger partial charge in [0.05, 0.1) is 18.0 Å². The summed E-state index contributed by atoms with van der Waals surface area (Å²) in [6.45, 7) is 2.63. The minimum atomic E-state index is -0.0424. The van der Waals surface area contributed by atoms with Crippen LogP contribution in [0.5, 0.6) is 5.75 Å². The summed E-state index contributed by atoms with van der Waals surface area (Å²) in [5.74, 6) is 1.26. The van der Waals surface area contributed by atoms with Crippen LogP contribution in [0, 0.1) is 0 Å². The number of hydrogen-bond donors (Lipinski definition) is 0. The van der Waals surface area contributed by atoms with E-state index in [1.54, 1.807) is 29.9 Å². The van der Waals surface area contributed by atoms with Crippen molar-refractivity contribution in [3.05, 3.63) is 62.4 Å². The highest BCUT2D eigenvalue weighted by Gasteiger charge is 2.13. The minimum Gasteiger partial charge on any atom is -0.496 e. The van der Waals surface area contributed by atoms with Crippen molar-refractivity contribution < 1.29 is 9.53 Å². The number of aromatic nitrogens is 2. The number of rotatable bonds is 7. The quantitative estimate of drug-likeness (QED) is 0.299. The Bertz CT molecular complexity index is 1050. The van der Waals surface area contributed by atoms with Gasteiger partial charge in [-0.25, -0.2) is 4.98 Å². The van der Waals surface area contributed by atoms with Crippen LogP contribution in [0.3, 0.4) is 0 Å². The molecule has 5 nitrogen and oxygen atoms in total. The van der Waals surface area contributed by atoms with Gasteiger partial charge in [-0.1, -0.05) is 34.6 Å². The molecule has 7 heteroatoms. The molecule has 0 spiro atoms. The molecule has 0 saturated heterocycles. The Morgan fingerprint density at radius 1 is 1.26 bits per heavy atom.